The van der Waals surface area contributed by atoms with E-state index in [0.29, 0.717) is 19.1 Å². The van der Waals surface area contributed by atoms with Crippen molar-refractivity contribution in [3.8, 4) is 0 Å². The number of nitrogens with one attached hydrogen (secondary N) is 2. The fourth-order valence-electron chi connectivity index (χ4n) is 3.91. The van der Waals surface area contributed by atoms with E-state index in [1.165, 1.54) is 5.56 Å². The lowest BCUT2D eigenvalue weighted by molar-refractivity contribution is -0.122. The predicted octanol–water partition coefficient (Wildman–Crippen LogP) is 1.81. The summed E-state index contributed by atoms with van der Waals surface area (Å²) in [6.07, 6.45) is 4.03. The van der Waals surface area contributed by atoms with Gasteiger partial charge in [0.25, 0.3) is 0 Å². The van der Waals surface area contributed by atoms with Gasteiger partial charge in [0.1, 0.15) is 0 Å². The molecule has 1 aliphatic carbocycles. The van der Waals surface area contributed by atoms with Gasteiger partial charge in [-0.15, -0.1) is 0 Å². The van der Waals surface area contributed by atoms with Crippen LogP contribution in [0.15, 0.2) is 24.3 Å². The molecule has 3 rings (SSSR count). The molecule has 1 spiro atoms. The number of methoxy groups -OCH3 is 1. The number of ether oxygens (including phenoxy) is 1. The highest BCUT2D eigenvalue weighted by Crippen LogP contribution is 2.47. The van der Waals surface area contributed by atoms with Gasteiger partial charge in [0.05, 0.1) is 18.1 Å². The molecule has 1 aromatic carbocycles. The molecule has 1 heterocycles. The van der Waals surface area contributed by atoms with Crippen molar-refractivity contribution >= 4 is 11.6 Å². The molecule has 1 aliphatic heterocycles. The summed E-state index contributed by atoms with van der Waals surface area (Å²) < 4.78 is 4.93. The normalized spacial score (nSPS) is 27.7. The molecule has 0 saturated heterocycles. The molecular formula is C18H26N2O3. The third kappa shape index (κ3) is 3.27. The molecule has 1 saturated carbocycles. The third-order valence-corrected chi connectivity index (χ3v) is 5.23. The lowest BCUT2D eigenvalue weighted by Crippen LogP contribution is -2.44. The summed E-state index contributed by atoms with van der Waals surface area (Å²) in [6, 6.07) is 8.49. The van der Waals surface area contributed by atoms with Crippen LogP contribution in [0.25, 0.3) is 0 Å². The first-order valence-electron chi connectivity index (χ1n) is 8.47. The number of benzene rings is 1. The Labute approximate surface area is 137 Å². The van der Waals surface area contributed by atoms with Crippen LogP contribution in [0, 0.1) is 0 Å². The van der Waals surface area contributed by atoms with Crippen molar-refractivity contribution in [3.63, 3.8) is 0 Å². The van der Waals surface area contributed by atoms with Crippen LogP contribution in [0.5, 0.6) is 0 Å². The van der Waals surface area contributed by atoms with Crippen molar-refractivity contribution in [2.24, 2.45) is 0 Å². The Morgan fingerprint density at radius 2 is 2.13 bits per heavy atom. The zero-order valence-corrected chi connectivity index (χ0v) is 13.7. The first-order valence-corrected chi connectivity index (χ1v) is 8.47. The first kappa shape index (κ1) is 16.4. The Hall–Kier alpha value is -1.43. The van der Waals surface area contributed by atoms with E-state index in [0.717, 1.165) is 37.9 Å². The number of carbonyl (C=O) groups is 1. The Morgan fingerprint density at radius 1 is 1.39 bits per heavy atom. The highest BCUT2D eigenvalue weighted by Gasteiger charge is 2.48. The van der Waals surface area contributed by atoms with Crippen LogP contribution in [-0.4, -0.2) is 43.4 Å². The molecule has 0 bridgehead atoms. The van der Waals surface area contributed by atoms with E-state index in [-0.39, 0.29) is 11.3 Å². The Bertz CT molecular complexity index is 553. The lowest BCUT2D eigenvalue weighted by atomic mass is 9.69. The van der Waals surface area contributed by atoms with Crippen LogP contribution in [0.2, 0.25) is 0 Å². The molecule has 1 aromatic rings. The van der Waals surface area contributed by atoms with Crippen molar-refractivity contribution in [1.82, 2.24) is 5.32 Å². The molecule has 0 aromatic heterocycles. The maximum Gasteiger partial charge on any atom is 0.235 e. The molecule has 3 N–H and O–H groups in total. The first-order chi connectivity index (χ1) is 11.2. The fraction of sp³-hybridized carbons (Fsp3) is 0.611. The molecule has 1 unspecified atom stereocenters. The predicted molar refractivity (Wildman–Crippen MR) is 89.5 cm³/mol. The summed E-state index contributed by atoms with van der Waals surface area (Å²) in [4.78, 5) is 12.5. The van der Waals surface area contributed by atoms with E-state index in [1.54, 1.807) is 7.11 Å². The van der Waals surface area contributed by atoms with Gasteiger partial charge in [-0.05, 0) is 50.3 Å². The second-order valence-corrected chi connectivity index (χ2v) is 6.71. The number of anilines is 1. The number of carbonyl (C=O) groups excluding carboxylic acids is 1. The molecule has 5 heteroatoms. The van der Waals surface area contributed by atoms with Crippen molar-refractivity contribution in [2.45, 2.75) is 49.7 Å². The average molecular weight is 318 g/mol. The second-order valence-electron chi connectivity index (χ2n) is 6.71. The highest BCUT2D eigenvalue weighted by molar-refractivity contribution is 6.06. The SMILES string of the molecule is COCC(O)CCNC1CCC2(CC1)C(=O)Nc1ccccc12. The number of fused-ring (bicyclic) bond motifs is 2. The zero-order chi connectivity index (χ0) is 16.3. The van der Waals surface area contributed by atoms with Gasteiger partial charge in [0, 0.05) is 18.8 Å². The summed E-state index contributed by atoms with van der Waals surface area (Å²) in [6.45, 7) is 1.16. The molecular weight excluding hydrogens is 292 g/mol. The summed E-state index contributed by atoms with van der Waals surface area (Å²) in [7, 11) is 1.60. The standard InChI is InChI=1S/C18H26N2O3/c1-23-12-14(21)8-11-19-13-6-9-18(10-7-13)15-4-2-3-5-16(15)20-17(18)22/h2-5,13-14,19,21H,6-12H2,1H3,(H,20,22). The van der Waals surface area contributed by atoms with Gasteiger partial charge in [0.15, 0.2) is 0 Å². The van der Waals surface area contributed by atoms with E-state index < -0.39 is 6.10 Å². The number of hydrogen-bond acceptors (Lipinski definition) is 4. The number of amides is 1. The molecule has 5 nitrogen and oxygen atoms in total. The zero-order valence-electron chi connectivity index (χ0n) is 13.7. The van der Waals surface area contributed by atoms with Crippen LogP contribution >= 0.6 is 0 Å². The monoisotopic (exact) mass is 318 g/mol. The van der Waals surface area contributed by atoms with E-state index in [4.69, 9.17) is 4.74 Å². The fourth-order valence-corrected chi connectivity index (χ4v) is 3.91. The van der Waals surface area contributed by atoms with Crippen LogP contribution < -0.4 is 10.6 Å². The summed E-state index contributed by atoms with van der Waals surface area (Å²) >= 11 is 0. The topological polar surface area (TPSA) is 70.6 Å². The summed E-state index contributed by atoms with van der Waals surface area (Å²) in [5.41, 5.74) is 1.82. The largest absolute Gasteiger partial charge is 0.391 e. The Kier molecular flexibility index (Phi) is 4.99. The molecule has 23 heavy (non-hydrogen) atoms. The van der Waals surface area contributed by atoms with Gasteiger partial charge >= 0.3 is 0 Å². The van der Waals surface area contributed by atoms with E-state index in [1.807, 2.05) is 18.2 Å². The molecule has 1 atom stereocenters. The molecule has 2 aliphatic rings. The summed E-state index contributed by atoms with van der Waals surface area (Å²) in [5, 5.41) is 16.2. The third-order valence-electron chi connectivity index (χ3n) is 5.23. The Morgan fingerprint density at radius 3 is 2.87 bits per heavy atom. The van der Waals surface area contributed by atoms with Crippen molar-refractivity contribution in [3.05, 3.63) is 29.8 Å². The van der Waals surface area contributed by atoms with Gasteiger partial charge < -0.3 is 20.5 Å². The molecule has 126 valence electrons. The number of rotatable bonds is 6. The molecule has 0 radical (unpaired) electrons. The van der Waals surface area contributed by atoms with Gasteiger partial charge in [-0.3, -0.25) is 4.79 Å². The van der Waals surface area contributed by atoms with Crippen molar-refractivity contribution < 1.29 is 14.6 Å². The quantitative estimate of drug-likeness (QED) is 0.748. The molecule has 1 fully saturated rings. The second kappa shape index (κ2) is 6.99. The van der Waals surface area contributed by atoms with E-state index in [9.17, 15) is 9.90 Å². The van der Waals surface area contributed by atoms with Crippen LogP contribution in [0.1, 0.15) is 37.7 Å². The maximum atomic E-state index is 12.5. The maximum absolute atomic E-state index is 12.5. The summed E-state index contributed by atoms with van der Waals surface area (Å²) in [5.74, 6) is 0.160. The average Bonchev–Trinajstić information content (AvgIpc) is 2.82. The van der Waals surface area contributed by atoms with Crippen LogP contribution in [0.4, 0.5) is 5.69 Å². The number of aliphatic hydroxyl groups is 1. The number of hydrogen-bond donors (Lipinski definition) is 3. The van der Waals surface area contributed by atoms with E-state index >= 15 is 0 Å². The van der Waals surface area contributed by atoms with Crippen molar-refractivity contribution in [1.29, 1.82) is 0 Å². The minimum absolute atomic E-state index is 0.160. The smallest absolute Gasteiger partial charge is 0.235 e. The van der Waals surface area contributed by atoms with Gasteiger partial charge in [-0.2, -0.15) is 0 Å². The lowest BCUT2D eigenvalue weighted by Gasteiger charge is -2.36. The van der Waals surface area contributed by atoms with Crippen molar-refractivity contribution in [2.75, 3.05) is 25.6 Å². The number of aliphatic hydroxyl groups excluding tert-OH is 1. The van der Waals surface area contributed by atoms with Crippen LogP contribution in [0.3, 0.4) is 0 Å². The minimum atomic E-state index is -0.407. The van der Waals surface area contributed by atoms with Crippen LogP contribution in [-0.2, 0) is 14.9 Å². The highest BCUT2D eigenvalue weighted by atomic mass is 16.5. The minimum Gasteiger partial charge on any atom is -0.391 e. The van der Waals surface area contributed by atoms with Gasteiger partial charge in [-0.1, -0.05) is 18.2 Å². The molecule has 1 amide bonds. The Balaban J connectivity index is 1.54. The number of para-hydroxylation sites is 1. The van der Waals surface area contributed by atoms with Gasteiger partial charge in [0.2, 0.25) is 5.91 Å². The van der Waals surface area contributed by atoms with Gasteiger partial charge in [-0.25, -0.2) is 0 Å². The van der Waals surface area contributed by atoms with E-state index in [2.05, 4.69) is 16.7 Å².